The Morgan fingerprint density at radius 2 is 0.493 bits per heavy atom. The predicted molar refractivity (Wildman–Crippen MR) is 564 cm³/mol. The Morgan fingerprint density at radius 3 is 0.942 bits per heavy atom. The van der Waals surface area contributed by atoms with E-state index in [9.17, 15) is 0 Å². The van der Waals surface area contributed by atoms with Crippen LogP contribution in [0, 0.1) is 0 Å². The van der Waals surface area contributed by atoms with E-state index in [4.69, 9.17) is 23.0 Å². The maximum atomic E-state index is 6.63. The van der Waals surface area contributed by atoms with Gasteiger partial charge < -0.3 is 39.0 Å². The molecular weight excluding hydrogens is 1700 g/mol. The van der Waals surface area contributed by atoms with E-state index in [0.29, 0.717) is 0 Å². The third-order valence-corrected chi connectivity index (χ3v) is 30.3. The fourth-order valence-corrected chi connectivity index (χ4v) is 24.6. The molecule has 3 aromatic heterocycles. The SMILES string of the molecule is c1ccc(-c2ccc3oc4ccc(Nc5ccc6c(c5)C5(c7ccccc7O6)c6ccccc6-c6ccccc65)cc4c3c2)cc1.c1ccc(-c2ccc3oc4cccc(Nc5ccc6c(c5)C5(c7ccccc7O6)c6ccccc6-c6ccccc65)c4c3c2)cc1.c1ccc(-c2cccc3sc4ccc(Nc5ccc6c(c5)C5(c7ccccc7O6)c6ccccc6-c6ccccc65)cc4c23)cc1. The van der Waals surface area contributed by atoms with E-state index < -0.39 is 16.2 Å². The van der Waals surface area contributed by atoms with Gasteiger partial charge in [-0.15, -0.1) is 11.3 Å². The van der Waals surface area contributed by atoms with E-state index >= 15 is 0 Å². The molecule has 30 rings (SSSR count). The van der Waals surface area contributed by atoms with E-state index in [0.717, 1.165) is 146 Å². The zero-order valence-electron chi connectivity index (χ0n) is 74.5. The van der Waals surface area contributed by atoms with Crippen molar-refractivity contribution in [1.82, 2.24) is 0 Å². The molecule has 8 nitrogen and oxygen atoms in total. The van der Waals surface area contributed by atoms with Gasteiger partial charge in [-0.1, -0.05) is 322 Å². The van der Waals surface area contributed by atoms with Crippen molar-refractivity contribution in [2.45, 2.75) is 16.2 Å². The Morgan fingerprint density at radius 1 is 0.174 bits per heavy atom. The summed E-state index contributed by atoms with van der Waals surface area (Å²) in [7, 11) is 0. The molecule has 21 aromatic carbocycles. The first-order valence-electron chi connectivity index (χ1n) is 47.0. The molecule has 138 heavy (non-hydrogen) atoms. The summed E-state index contributed by atoms with van der Waals surface area (Å²) in [4.78, 5) is 0. The van der Waals surface area contributed by atoms with Gasteiger partial charge in [0.1, 0.15) is 56.8 Å². The fourth-order valence-electron chi connectivity index (χ4n) is 23.5. The smallest absolute Gasteiger partial charge is 0.137 e. The number of nitrogens with one attached hydrogen (secondary N) is 3. The van der Waals surface area contributed by atoms with Crippen molar-refractivity contribution < 1.29 is 23.0 Å². The van der Waals surface area contributed by atoms with Gasteiger partial charge in [0.2, 0.25) is 0 Å². The molecule has 6 aliphatic rings. The lowest BCUT2D eigenvalue weighted by Crippen LogP contribution is -2.32. The van der Waals surface area contributed by atoms with Gasteiger partial charge in [0.15, 0.2) is 0 Å². The average molecular weight is 1790 g/mol. The van der Waals surface area contributed by atoms with Gasteiger partial charge in [-0.05, 0) is 252 Å². The van der Waals surface area contributed by atoms with Crippen LogP contribution in [0.5, 0.6) is 34.5 Å². The Bertz CT molecular complexity index is 9010. The van der Waals surface area contributed by atoms with Gasteiger partial charge in [0, 0.05) is 98.1 Å². The molecule has 0 radical (unpaired) electrons. The lowest BCUT2D eigenvalue weighted by molar-refractivity contribution is 0.436. The van der Waals surface area contributed by atoms with Gasteiger partial charge >= 0.3 is 0 Å². The summed E-state index contributed by atoms with van der Waals surface area (Å²) in [5.74, 6) is 5.34. The Balaban J connectivity index is 0.000000102. The van der Waals surface area contributed by atoms with Crippen molar-refractivity contribution in [3.05, 3.63) is 540 Å². The van der Waals surface area contributed by atoms with Crippen LogP contribution < -0.4 is 30.2 Å². The second-order valence-corrected chi connectivity index (χ2v) is 37.5. The molecule has 0 saturated heterocycles. The molecule has 3 N–H and O–H groups in total. The van der Waals surface area contributed by atoms with Gasteiger partial charge in [0.25, 0.3) is 0 Å². The number of fused-ring (bicyclic) bond motifs is 36. The van der Waals surface area contributed by atoms with Gasteiger partial charge in [-0.2, -0.15) is 0 Å². The van der Waals surface area contributed by atoms with Crippen LogP contribution in [0.2, 0.25) is 0 Å². The van der Waals surface area contributed by atoms with Gasteiger partial charge in [-0.25, -0.2) is 0 Å². The Hall–Kier alpha value is -17.8. The first-order valence-corrected chi connectivity index (χ1v) is 47.8. The first kappa shape index (κ1) is 78.9. The monoisotopic (exact) mass is 1780 g/mol. The van der Waals surface area contributed by atoms with E-state index in [2.05, 4.69) is 465 Å². The molecule has 3 aliphatic carbocycles. The van der Waals surface area contributed by atoms with Crippen LogP contribution in [-0.4, -0.2) is 0 Å². The number of ether oxygens (including phenoxy) is 3. The number of thiophene rings is 1. The van der Waals surface area contributed by atoms with Crippen molar-refractivity contribution in [2.24, 2.45) is 0 Å². The Kier molecular flexibility index (Phi) is 17.8. The molecule has 0 saturated carbocycles. The lowest BCUT2D eigenvalue weighted by Gasteiger charge is -2.39. The standard InChI is InChI=1S/2C43H27NO2.C43H27NOS/c1-2-11-27(12-3-1)28-21-23-38-32(25-28)42-37(18-10-20-41(42)45-38)44-29-22-24-40-36(26-29)43(35-17-8-9-19-39(35)46-40)33-15-6-4-13-30(33)31-14-5-7-16-34(31)43;1-2-10-27(11-3-1)28-18-21-39-33(24-28)34-25-29(19-22-40(34)45-39)44-30-20-23-42-38(26-30)43(37-16-8-9-17-41(37)46-42)35-14-6-4-12-31(35)32-13-5-7-15-36(32)43;1-2-11-27(12-3-1)30-15-10-20-41-42(30)33-25-28(22-24-40(33)46-41)44-29-21-23-39-37(26-29)43(36-18-8-9-19-38(36)45-39)34-16-6-4-13-31(34)32-14-5-7-17-35(32)43/h3*1-26,44H. The van der Waals surface area contributed by atoms with Gasteiger partial charge in [-0.3, -0.25) is 0 Å². The van der Waals surface area contributed by atoms with Crippen LogP contribution in [0.4, 0.5) is 34.1 Å². The maximum absolute atomic E-state index is 6.63. The lowest BCUT2D eigenvalue weighted by atomic mass is 9.66. The molecule has 9 heteroatoms. The van der Waals surface area contributed by atoms with Crippen LogP contribution in [0.25, 0.3) is 131 Å². The summed E-state index contributed by atoms with van der Waals surface area (Å²) < 4.78 is 35.0. The largest absolute Gasteiger partial charge is 0.457 e. The number of benzene rings is 21. The summed E-state index contributed by atoms with van der Waals surface area (Å²) in [5.41, 5.74) is 37.6. The minimum absolute atomic E-state index is 0.479. The van der Waals surface area contributed by atoms with Crippen molar-refractivity contribution >= 4 is 110 Å². The highest BCUT2D eigenvalue weighted by Crippen LogP contribution is 2.67. The molecule has 0 unspecified atom stereocenters. The van der Waals surface area contributed by atoms with Crippen molar-refractivity contribution in [1.29, 1.82) is 0 Å². The van der Waals surface area contributed by atoms with E-state index in [1.54, 1.807) is 0 Å². The van der Waals surface area contributed by atoms with E-state index in [-0.39, 0.29) is 0 Å². The molecule has 0 fully saturated rings. The molecule has 0 amide bonds. The minimum atomic E-state index is -0.506. The average Bonchev–Trinajstić information content (AvgIpc) is 1.52. The maximum Gasteiger partial charge on any atom is 0.137 e. The highest BCUT2D eigenvalue weighted by molar-refractivity contribution is 7.26. The number of anilines is 6. The molecule has 6 heterocycles. The highest BCUT2D eigenvalue weighted by atomic mass is 32.1. The van der Waals surface area contributed by atoms with Crippen LogP contribution in [0.3, 0.4) is 0 Å². The molecule has 3 aliphatic heterocycles. The number of rotatable bonds is 9. The number of para-hydroxylation sites is 3. The van der Waals surface area contributed by atoms with Gasteiger partial charge in [0.05, 0.1) is 27.3 Å². The topological polar surface area (TPSA) is 90.1 Å². The van der Waals surface area contributed by atoms with Crippen molar-refractivity contribution in [2.75, 3.05) is 16.0 Å². The number of furan rings is 2. The summed E-state index contributed by atoms with van der Waals surface area (Å²) in [6, 6.07) is 169. The third kappa shape index (κ3) is 12.0. The van der Waals surface area contributed by atoms with Crippen molar-refractivity contribution in [3.63, 3.8) is 0 Å². The molecular formula is C129H81N3O5S. The minimum Gasteiger partial charge on any atom is -0.457 e. The van der Waals surface area contributed by atoms with Crippen LogP contribution in [-0.2, 0) is 16.2 Å². The fraction of sp³-hybridized carbons (Fsp3) is 0.0233. The highest BCUT2D eigenvalue weighted by Gasteiger charge is 2.55. The first-order chi connectivity index (χ1) is 68.3. The molecule has 0 atom stereocenters. The molecule has 648 valence electrons. The summed E-state index contributed by atoms with van der Waals surface area (Å²) in [6.07, 6.45) is 0. The third-order valence-electron chi connectivity index (χ3n) is 29.2. The Labute approximate surface area is 800 Å². The van der Waals surface area contributed by atoms with Crippen molar-refractivity contribution in [3.8, 4) is 101 Å². The predicted octanol–water partition coefficient (Wildman–Crippen LogP) is 34.9. The van der Waals surface area contributed by atoms with E-state index in [1.807, 2.05) is 35.6 Å². The summed E-state index contributed by atoms with van der Waals surface area (Å²) in [5, 5.41) is 18.2. The number of hydrogen-bond donors (Lipinski definition) is 3. The number of hydrogen-bond acceptors (Lipinski definition) is 9. The molecule has 24 aromatic rings. The van der Waals surface area contributed by atoms with Crippen LogP contribution >= 0.6 is 11.3 Å². The normalized spacial score (nSPS) is 13.6. The van der Waals surface area contributed by atoms with Crippen LogP contribution in [0.15, 0.2) is 482 Å². The zero-order chi connectivity index (χ0) is 90.7. The summed E-state index contributed by atoms with van der Waals surface area (Å²) in [6.45, 7) is 0. The zero-order valence-corrected chi connectivity index (χ0v) is 75.3. The second-order valence-electron chi connectivity index (χ2n) is 36.4. The summed E-state index contributed by atoms with van der Waals surface area (Å²) >= 11 is 1.85. The quantitative estimate of drug-likeness (QED) is 0.132. The molecule has 3 spiro atoms. The van der Waals surface area contributed by atoms with E-state index in [1.165, 1.54) is 120 Å². The molecule has 0 bridgehead atoms. The second kappa shape index (κ2) is 31.2. The van der Waals surface area contributed by atoms with Crippen LogP contribution in [0.1, 0.15) is 66.8 Å².